The molecule has 0 unspecified atom stereocenters. The first-order valence-corrected chi connectivity index (χ1v) is 5.11. The minimum absolute atomic E-state index is 0.0406. The van der Waals surface area contributed by atoms with Gasteiger partial charge in [-0.3, -0.25) is 0 Å². The van der Waals surface area contributed by atoms with Gasteiger partial charge in [0.05, 0.1) is 6.33 Å². The fourth-order valence-electron chi connectivity index (χ4n) is 1.52. The summed E-state index contributed by atoms with van der Waals surface area (Å²) >= 11 is 0. The number of nitrogens with two attached hydrogens (primary N) is 1. The highest BCUT2D eigenvalue weighted by Crippen LogP contribution is 2.27. The summed E-state index contributed by atoms with van der Waals surface area (Å²) in [7, 11) is 0. The Balaban J connectivity index is 2.03. The molecule has 1 aromatic carbocycles. The first-order valence-electron chi connectivity index (χ1n) is 5.11. The van der Waals surface area contributed by atoms with Crippen molar-refractivity contribution in [3.05, 3.63) is 36.7 Å². The zero-order valence-electron chi connectivity index (χ0n) is 9.09. The van der Waals surface area contributed by atoms with E-state index in [2.05, 4.69) is 19.9 Å². The molecule has 0 aliphatic rings. The van der Waals surface area contributed by atoms with Crippen LogP contribution >= 0.6 is 0 Å². The van der Waals surface area contributed by atoms with Crippen molar-refractivity contribution in [1.82, 2.24) is 19.9 Å². The van der Waals surface area contributed by atoms with Gasteiger partial charge in [-0.2, -0.15) is 4.98 Å². The minimum Gasteiger partial charge on any atom is -0.434 e. The van der Waals surface area contributed by atoms with Crippen molar-refractivity contribution >= 4 is 16.9 Å². The lowest BCUT2D eigenvalue weighted by atomic mass is 10.3. The number of H-pyrrole nitrogens is 1. The molecule has 3 rings (SSSR count). The number of fused-ring (bicyclic) bond motifs is 1. The van der Waals surface area contributed by atoms with Crippen molar-refractivity contribution in [1.29, 1.82) is 0 Å². The number of anilines is 1. The number of aromatic nitrogens is 4. The number of aromatic amines is 1. The highest BCUT2D eigenvalue weighted by molar-refractivity contribution is 5.75. The first kappa shape index (κ1) is 10.5. The number of ether oxygens (including phenoxy) is 1. The maximum absolute atomic E-state index is 13.6. The smallest absolute Gasteiger partial charge is 0.248 e. The van der Waals surface area contributed by atoms with Gasteiger partial charge < -0.3 is 15.5 Å². The second-order valence-corrected chi connectivity index (χ2v) is 3.57. The molecule has 0 bridgehead atoms. The number of halogens is 1. The van der Waals surface area contributed by atoms with E-state index in [-0.39, 0.29) is 11.6 Å². The Kier molecular flexibility index (Phi) is 2.30. The van der Waals surface area contributed by atoms with Crippen molar-refractivity contribution in [2.24, 2.45) is 0 Å². The molecule has 0 atom stereocenters. The maximum Gasteiger partial charge on any atom is 0.248 e. The molecule has 7 heteroatoms. The summed E-state index contributed by atoms with van der Waals surface area (Å²) in [5.74, 6) is -0.304. The predicted octanol–water partition coefficient (Wildman–Crippen LogP) is 1.87. The van der Waals surface area contributed by atoms with Gasteiger partial charge in [0, 0.05) is 11.8 Å². The summed E-state index contributed by atoms with van der Waals surface area (Å²) in [6.45, 7) is 0. The van der Waals surface area contributed by atoms with Crippen LogP contribution in [0.15, 0.2) is 30.9 Å². The van der Waals surface area contributed by atoms with Crippen LogP contribution in [0.5, 0.6) is 11.6 Å². The third-order valence-corrected chi connectivity index (χ3v) is 2.35. The molecule has 3 aromatic rings. The Morgan fingerprint density at radius 1 is 1.22 bits per heavy atom. The fraction of sp³-hybridized carbons (Fsp3) is 0. The van der Waals surface area contributed by atoms with Crippen molar-refractivity contribution in [3.63, 3.8) is 0 Å². The minimum atomic E-state index is -0.554. The molecule has 2 aromatic heterocycles. The highest BCUT2D eigenvalue weighted by Gasteiger charge is 2.11. The van der Waals surface area contributed by atoms with E-state index in [0.717, 1.165) is 0 Å². The number of nitrogens with one attached hydrogen (secondary N) is 1. The standard InChI is InChI=1S/C11H8FN5O/c12-7-3-6(13)1-2-8(7)18-11-9-10(15-4-14-9)16-5-17-11/h1-5H,13H2,(H,14,15,16,17). The third kappa shape index (κ3) is 1.71. The van der Waals surface area contributed by atoms with E-state index < -0.39 is 5.82 Å². The fourth-order valence-corrected chi connectivity index (χ4v) is 1.52. The number of hydrogen-bond donors (Lipinski definition) is 2. The average molecular weight is 245 g/mol. The molecule has 0 saturated heterocycles. The van der Waals surface area contributed by atoms with Gasteiger partial charge in [0.25, 0.3) is 0 Å². The number of imidazole rings is 1. The average Bonchev–Trinajstić information content (AvgIpc) is 2.82. The Hall–Kier alpha value is -2.70. The van der Waals surface area contributed by atoms with Crippen LogP contribution in [0.3, 0.4) is 0 Å². The van der Waals surface area contributed by atoms with Crippen LogP contribution in [-0.4, -0.2) is 19.9 Å². The Labute approximate surface area is 101 Å². The third-order valence-electron chi connectivity index (χ3n) is 2.35. The molecule has 90 valence electrons. The van der Waals surface area contributed by atoms with Gasteiger partial charge in [0.2, 0.25) is 5.88 Å². The summed E-state index contributed by atoms with van der Waals surface area (Å²) < 4.78 is 19.0. The largest absolute Gasteiger partial charge is 0.434 e. The van der Waals surface area contributed by atoms with Crippen LogP contribution in [0, 0.1) is 5.82 Å². The summed E-state index contributed by atoms with van der Waals surface area (Å²) in [6, 6.07) is 4.17. The Bertz CT molecular complexity index is 711. The molecule has 0 radical (unpaired) electrons. The van der Waals surface area contributed by atoms with Gasteiger partial charge >= 0.3 is 0 Å². The molecule has 0 fully saturated rings. The zero-order valence-corrected chi connectivity index (χ0v) is 9.09. The summed E-state index contributed by atoms with van der Waals surface area (Å²) in [6.07, 6.45) is 2.76. The second kappa shape index (κ2) is 3.95. The number of nitrogens with zero attached hydrogens (tertiary/aromatic N) is 3. The molecule has 0 aliphatic carbocycles. The SMILES string of the molecule is Nc1ccc(Oc2ncnc3nc[nH]c23)c(F)c1. The monoisotopic (exact) mass is 245 g/mol. The van der Waals surface area contributed by atoms with Crippen molar-refractivity contribution in [2.45, 2.75) is 0 Å². The van der Waals surface area contributed by atoms with E-state index >= 15 is 0 Å². The summed E-state index contributed by atoms with van der Waals surface area (Å²) in [5, 5.41) is 0. The zero-order chi connectivity index (χ0) is 12.5. The maximum atomic E-state index is 13.6. The molecule has 2 heterocycles. The van der Waals surface area contributed by atoms with E-state index in [1.165, 1.54) is 24.8 Å². The second-order valence-electron chi connectivity index (χ2n) is 3.57. The predicted molar refractivity (Wildman–Crippen MR) is 62.6 cm³/mol. The molecule has 0 saturated carbocycles. The van der Waals surface area contributed by atoms with Crippen LogP contribution in [0.2, 0.25) is 0 Å². The molecule has 3 N–H and O–H groups in total. The first-order chi connectivity index (χ1) is 8.74. The number of nitrogen functional groups attached to an aromatic ring is 1. The number of benzene rings is 1. The summed E-state index contributed by atoms with van der Waals surface area (Å²) in [5.41, 5.74) is 6.75. The normalized spacial score (nSPS) is 10.7. The Morgan fingerprint density at radius 2 is 2.11 bits per heavy atom. The topological polar surface area (TPSA) is 89.7 Å². The van der Waals surface area contributed by atoms with Crippen LogP contribution in [0.1, 0.15) is 0 Å². The number of rotatable bonds is 2. The van der Waals surface area contributed by atoms with E-state index in [4.69, 9.17) is 10.5 Å². The molecular formula is C11H8FN5O. The molecule has 6 nitrogen and oxygen atoms in total. The van der Waals surface area contributed by atoms with Crippen LogP contribution in [0.4, 0.5) is 10.1 Å². The van der Waals surface area contributed by atoms with E-state index in [1.807, 2.05) is 0 Å². The van der Waals surface area contributed by atoms with Crippen LogP contribution < -0.4 is 10.5 Å². The molecular weight excluding hydrogens is 237 g/mol. The van der Waals surface area contributed by atoms with Gasteiger partial charge in [-0.25, -0.2) is 14.4 Å². The quantitative estimate of drug-likeness (QED) is 0.672. The van der Waals surface area contributed by atoms with Crippen LogP contribution in [0.25, 0.3) is 11.2 Å². The van der Waals surface area contributed by atoms with Gasteiger partial charge in [0.1, 0.15) is 11.8 Å². The van der Waals surface area contributed by atoms with Gasteiger partial charge in [-0.1, -0.05) is 0 Å². The highest BCUT2D eigenvalue weighted by atomic mass is 19.1. The molecule has 0 aliphatic heterocycles. The van der Waals surface area contributed by atoms with E-state index in [1.54, 1.807) is 6.07 Å². The number of hydrogen-bond acceptors (Lipinski definition) is 5. The lowest BCUT2D eigenvalue weighted by Gasteiger charge is -2.06. The van der Waals surface area contributed by atoms with Gasteiger partial charge in [0.15, 0.2) is 17.2 Å². The van der Waals surface area contributed by atoms with Gasteiger partial charge in [-0.05, 0) is 12.1 Å². The van der Waals surface area contributed by atoms with Crippen molar-refractivity contribution < 1.29 is 9.13 Å². The van der Waals surface area contributed by atoms with E-state index in [0.29, 0.717) is 16.9 Å². The van der Waals surface area contributed by atoms with E-state index in [9.17, 15) is 4.39 Å². The van der Waals surface area contributed by atoms with Crippen molar-refractivity contribution in [3.8, 4) is 11.6 Å². The van der Waals surface area contributed by atoms with Crippen LogP contribution in [-0.2, 0) is 0 Å². The molecule has 0 amide bonds. The Morgan fingerprint density at radius 3 is 2.94 bits per heavy atom. The lowest BCUT2D eigenvalue weighted by molar-refractivity contribution is 0.431. The van der Waals surface area contributed by atoms with Crippen molar-refractivity contribution in [2.75, 3.05) is 5.73 Å². The molecule has 0 spiro atoms. The summed E-state index contributed by atoms with van der Waals surface area (Å²) in [4.78, 5) is 14.7. The lowest BCUT2D eigenvalue weighted by Crippen LogP contribution is -1.94. The molecule has 18 heavy (non-hydrogen) atoms. The van der Waals surface area contributed by atoms with Gasteiger partial charge in [-0.15, -0.1) is 0 Å².